The van der Waals surface area contributed by atoms with Crippen molar-refractivity contribution in [1.29, 1.82) is 0 Å². The van der Waals surface area contributed by atoms with E-state index in [1.165, 1.54) is 17.7 Å². The van der Waals surface area contributed by atoms with Crippen molar-refractivity contribution in [1.82, 2.24) is 10.2 Å². The lowest BCUT2D eigenvalue weighted by molar-refractivity contribution is -0.124. The van der Waals surface area contributed by atoms with E-state index in [2.05, 4.69) is 11.4 Å². The average Bonchev–Trinajstić information content (AvgIpc) is 2.72. The number of halogens is 1. The highest BCUT2D eigenvalue weighted by Crippen LogP contribution is 2.35. The predicted molar refractivity (Wildman–Crippen MR) is 102 cm³/mol. The molecule has 0 bridgehead atoms. The van der Waals surface area contributed by atoms with Crippen molar-refractivity contribution in [3.8, 4) is 0 Å². The molecule has 0 aromatic heterocycles. The molecule has 2 amide bonds. The van der Waals surface area contributed by atoms with Crippen LogP contribution >= 0.6 is 0 Å². The van der Waals surface area contributed by atoms with E-state index in [-0.39, 0.29) is 30.3 Å². The number of nitrogens with one attached hydrogen (secondary N) is 1. The standard InChI is InChI=1S/C22H23FN2O3/c23-18-7-5-17(6-8-18)21-19-4-2-1-3-16(19)10-12-25(21)22(27)28-14-15-9-11-24-20(26)13-15/h1-8,15,21H,9-14H2,(H,24,26)/t15-,21+/m1/s1. The number of carbonyl (C=O) groups excluding carboxylic acids is 2. The summed E-state index contributed by atoms with van der Waals surface area (Å²) in [4.78, 5) is 26.1. The monoisotopic (exact) mass is 382 g/mol. The largest absolute Gasteiger partial charge is 0.449 e. The molecular formula is C22H23FN2O3. The van der Waals surface area contributed by atoms with E-state index in [1.807, 2.05) is 18.2 Å². The lowest BCUT2D eigenvalue weighted by atomic mass is 9.88. The fourth-order valence-electron chi connectivity index (χ4n) is 4.03. The summed E-state index contributed by atoms with van der Waals surface area (Å²) in [6, 6.07) is 14.0. The molecule has 0 aliphatic carbocycles. The van der Waals surface area contributed by atoms with Crippen molar-refractivity contribution >= 4 is 12.0 Å². The Kier molecular flexibility index (Phi) is 5.28. The number of hydrogen-bond donors (Lipinski definition) is 1. The quantitative estimate of drug-likeness (QED) is 0.885. The molecule has 2 aromatic carbocycles. The predicted octanol–water partition coefficient (Wildman–Crippen LogP) is 3.44. The fraction of sp³-hybridized carbons (Fsp3) is 0.364. The van der Waals surface area contributed by atoms with Crippen LogP contribution in [0.2, 0.25) is 0 Å². The molecular weight excluding hydrogens is 359 g/mol. The molecule has 0 saturated carbocycles. The summed E-state index contributed by atoms with van der Waals surface area (Å²) in [5.74, 6) is -0.250. The maximum atomic E-state index is 13.4. The summed E-state index contributed by atoms with van der Waals surface area (Å²) in [6.07, 6.45) is 1.55. The molecule has 0 radical (unpaired) electrons. The first-order chi connectivity index (χ1) is 13.6. The molecule has 2 heterocycles. The van der Waals surface area contributed by atoms with E-state index >= 15 is 0 Å². The number of ether oxygens (including phenoxy) is 1. The Hall–Kier alpha value is -2.89. The second-order valence-corrected chi connectivity index (χ2v) is 7.38. The first-order valence-corrected chi connectivity index (χ1v) is 9.65. The minimum absolute atomic E-state index is 0.00314. The Labute approximate surface area is 163 Å². The summed E-state index contributed by atoms with van der Waals surface area (Å²) in [7, 11) is 0. The average molecular weight is 382 g/mol. The maximum Gasteiger partial charge on any atom is 0.410 e. The number of piperidine rings is 1. The summed E-state index contributed by atoms with van der Waals surface area (Å²) in [5.41, 5.74) is 3.07. The number of amides is 2. The Morgan fingerprint density at radius 2 is 1.96 bits per heavy atom. The van der Waals surface area contributed by atoms with Gasteiger partial charge >= 0.3 is 6.09 Å². The molecule has 4 rings (SSSR count). The van der Waals surface area contributed by atoms with Crippen molar-refractivity contribution < 1.29 is 18.7 Å². The van der Waals surface area contributed by atoms with Crippen LogP contribution in [0.15, 0.2) is 48.5 Å². The van der Waals surface area contributed by atoms with Gasteiger partial charge in [-0.1, -0.05) is 36.4 Å². The van der Waals surface area contributed by atoms with Crippen molar-refractivity contribution in [3.05, 3.63) is 71.0 Å². The zero-order valence-electron chi connectivity index (χ0n) is 15.6. The summed E-state index contributed by atoms with van der Waals surface area (Å²) in [6.45, 7) is 1.39. The molecule has 28 heavy (non-hydrogen) atoms. The van der Waals surface area contributed by atoms with Crippen LogP contribution in [0.25, 0.3) is 0 Å². The zero-order chi connectivity index (χ0) is 19.5. The Morgan fingerprint density at radius 1 is 1.18 bits per heavy atom. The van der Waals surface area contributed by atoms with Gasteiger partial charge in [0.2, 0.25) is 5.91 Å². The first-order valence-electron chi connectivity index (χ1n) is 9.65. The van der Waals surface area contributed by atoms with Gasteiger partial charge in [-0.05, 0) is 41.7 Å². The normalized spacial score (nSPS) is 21.6. The van der Waals surface area contributed by atoms with Crippen LogP contribution in [-0.4, -0.2) is 36.6 Å². The molecule has 0 spiro atoms. The van der Waals surface area contributed by atoms with Gasteiger partial charge in [-0.15, -0.1) is 0 Å². The summed E-state index contributed by atoms with van der Waals surface area (Å²) >= 11 is 0. The van der Waals surface area contributed by atoms with Crippen LogP contribution in [0.5, 0.6) is 0 Å². The van der Waals surface area contributed by atoms with Gasteiger partial charge in [0.15, 0.2) is 0 Å². The molecule has 2 atom stereocenters. The van der Waals surface area contributed by atoms with E-state index < -0.39 is 6.09 Å². The third-order valence-electron chi connectivity index (χ3n) is 5.49. The van der Waals surface area contributed by atoms with Gasteiger partial charge in [-0.2, -0.15) is 0 Å². The topological polar surface area (TPSA) is 58.6 Å². The molecule has 6 heteroatoms. The minimum Gasteiger partial charge on any atom is -0.449 e. The molecule has 1 fully saturated rings. The molecule has 5 nitrogen and oxygen atoms in total. The third-order valence-corrected chi connectivity index (χ3v) is 5.49. The second kappa shape index (κ2) is 8.00. The fourth-order valence-corrected chi connectivity index (χ4v) is 4.03. The maximum absolute atomic E-state index is 13.4. The van der Waals surface area contributed by atoms with E-state index in [9.17, 15) is 14.0 Å². The molecule has 146 valence electrons. The number of nitrogens with zero attached hydrogens (tertiary/aromatic N) is 1. The van der Waals surface area contributed by atoms with E-state index in [4.69, 9.17) is 4.74 Å². The number of benzene rings is 2. The highest BCUT2D eigenvalue weighted by molar-refractivity contribution is 5.77. The van der Waals surface area contributed by atoms with Crippen molar-refractivity contribution in [2.45, 2.75) is 25.3 Å². The third kappa shape index (κ3) is 3.86. The molecule has 1 N–H and O–H groups in total. The van der Waals surface area contributed by atoms with Gasteiger partial charge in [0.1, 0.15) is 5.82 Å². The van der Waals surface area contributed by atoms with Crippen molar-refractivity contribution in [3.63, 3.8) is 0 Å². The summed E-state index contributed by atoms with van der Waals surface area (Å²) < 4.78 is 19.0. The number of carbonyl (C=O) groups is 2. The van der Waals surface area contributed by atoms with E-state index in [0.717, 1.165) is 24.0 Å². The van der Waals surface area contributed by atoms with Crippen LogP contribution in [0, 0.1) is 11.7 Å². The van der Waals surface area contributed by atoms with E-state index in [0.29, 0.717) is 19.5 Å². The van der Waals surface area contributed by atoms with E-state index in [1.54, 1.807) is 17.0 Å². The van der Waals surface area contributed by atoms with Crippen molar-refractivity contribution in [2.75, 3.05) is 19.7 Å². The molecule has 0 unspecified atom stereocenters. The number of rotatable bonds is 3. The Balaban J connectivity index is 1.55. The van der Waals surface area contributed by atoms with Gasteiger partial charge in [0.25, 0.3) is 0 Å². The number of fused-ring (bicyclic) bond motifs is 1. The zero-order valence-corrected chi connectivity index (χ0v) is 15.6. The Morgan fingerprint density at radius 3 is 2.75 bits per heavy atom. The molecule has 2 aliphatic heterocycles. The van der Waals surface area contributed by atoms with Gasteiger partial charge in [-0.25, -0.2) is 9.18 Å². The van der Waals surface area contributed by atoms with Crippen LogP contribution in [0.4, 0.5) is 9.18 Å². The van der Waals surface area contributed by atoms with Gasteiger partial charge in [-0.3, -0.25) is 9.69 Å². The molecule has 2 aliphatic rings. The van der Waals surface area contributed by atoms with Crippen LogP contribution in [0.3, 0.4) is 0 Å². The summed E-state index contributed by atoms with van der Waals surface area (Å²) in [5, 5.41) is 2.79. The molecule has 1 saturated heterocycles. The van der Waals surface area contributed by atoms with Gasteiger partial charge in [0, 0.05) is 25.4 Å². The number of hydrogen-bond acceptors (Lipinski definition) is 3. The highest BCUT2D eigenvalue weighted by atomic mass is 19.1. The van der Waals surface area contributed by atoms with Gasteiger partial charge in [0.05, 0.1) is 12.6 Å². The lowest BCUT2D eigenvalue weighted by Gasteiger charge is -2.37. The lowest BCUT2D eigenvalue weighted by Crippen LogP contribution is -2.42. The smallest absolute Gasteiger partial charge is 0.410 e. The SMILES string of the molecule is O=C1C[C@H](COC(=O)N2CCc3ccccc3[C@@H]2c2ccc(F)cc2)CCN1. The van der Waals surface area contributed by atoms with Crippen molar-refractivity contribution in [2.24, 2.45) is 5.92 Å². The highest BCUT2D eigenvalue weighted by Gasteiger charge is 2.33. The second-order valence-electron chi connectivity index (χ2n) is 7.38. The van der Waals surface area contributed by atoms with Crippen LogP contribution in [-0.2, 0) is 16.0 Å². The molecule has 2 aromatic rings. The Bertz CT molecular complexity index is 868. The first kappa shape index (κ1) is 18.5. The minimum atomic E-state index is -0.394. The van der Waals surface area contributed by atoms with Crippen LogP contribution in [0.1, 0.15) is 35.6 Å². The van der Waals surface area contributed by atoms with Crippen LogP contribution < -0.4 is 5.32 Å². The van der Waals surface area contributed by atoms with Gasteiger partial charge < -0.3 is 10.1 Å².